The van der Waals surface area contributed by atoms with Crippen LogP contribution >= 0.6 is 0 Å². The fraction of sp³-hybridized carbons (Fsp3) is 0.846. The highest BCUT2D eigenvalue weighted by Gasteiger charge is 2.34. The van der Waals surface area contributed by atoms with E-state index < -0.39 is 0 Å². The number of rotatable bonds is 4. The van der Waals surface area contributed by atoms with E-state index in [4.69, 9.17) is 5.73 Å². The molecule has 1 aliphatic rings. The minimum Gasteiger partial charge on any atom is -0.355 e. The molecular weight excluding hydrogens is 230 g/mol. The number of nitrogens with two attached hydrogens (primary N) is 1. The van der Waals surface area contributed by atoms with E-state index in [1.807, 2.05) is 6.92 Å². The Bertz CT molecular complexity index is 307. The van der Waals surface area contributed by atoms with Crippen molar-refractivity contribution >= 4 is 11.8 Å². The normalized spacial score (nSPS) is 27.7. The second-order valence-electron chi connectivity index (χ2n) is 5.24. The number of likely N-dealkylation sites (N-methyl/N-ethyl adjacent to an activating group) is 2. The van der Waals surface area contributed by atoms with Gasteiger partial charge in [0.05, 0.1) is 12.5 Å². The molecule has 3 unspecified atom stereocenters. The monoisotopic (exact) mass is 255 g/mol. The van der Waals surface area contributed by atoms with E-state index in [1.54, 1.807) is 7.05 Å². The molecule has 0 aromatic rings. The number of carbonyl (C=O) groups excluding carboxylic acids is 2. The van der Waals surface area contributed by atoms with Crippen LogP contribution in [0.2, 0.25) is 0 Å². The maximum absolute atomic E-state index is 12.3. The van der Waals surface area contributed by atoms with Gasteiger partial charge >= 0.3 is 0 Å². The van der Waals surface area contributed by atoms with Crippen LogP contribution in [0, 0.1) is 11.8 Å². The zero-order valence-corrected chi connectivity index (χ0v) is 11.6. The molecule has 3 N–H and O–H groups in total. The first kappa shape index (κ1) is 15.0. The number of nitrogens with zero attached hydrogens (tertiary/aromatic N) is 1. The molecule has 2 amide bonds. The Balaban J connectivity index is 2.54. The van der Waals surface area contributed by atoms with Crippen LogP contribution in [-0.4, -0.2) is 42.9 Å². The minimum absolute atomic E-state index is 0.000281. The van der Waals surface area contributed by atoms with Crippen molar-refractivity contribution in [3.05, 3.63) is 0 Å². The van der Waals surface area contributed by atoms with Gasteiger partial charge in [0.15, 0.2) is 0 Å². The number of hydrogen-bond acceptors (Lipinski definition) is 3. The third kappa shape index (κ3) is 3.70. The van der Waals surface area contributed by atoms with Crippen LogP contribution in [0.4, 0.5) is 0 Å². The van der Waals surface area contributed by atoms with E-state index in [2.05, 4.69) is 12.2 Å². The van der Waals surface area contributed by atoms with Crippen LogP contribution in [0.5, 0.6) is 0 Å². The highest BCUT2D eigenvalue weighted by molar-refractivity contribution is 5.86. The standard InChI is InChI=1S/C13H25N3O2/c1-4-15-11(17)8-16(3)13(18)10-7-5-6-9(2)12(10)14/h9-10,12H,4-8,14H2,1-3H3,(H,15,17). The fourth-order valence-corrected chi connectivity index (χ4v) is 2.56. The third-order valence-corrected chi connectivity index (χ3v) is 3.74. The molecule has 0 aromatic carbocycles. The molecule has 104 valence electrons. The summed E-state index contributed by atoms with van der Waals surface area (Å²) in [5.74, 6) is 0.129. The molecule has 0 aliphatic heterocycles. The highest BCUT2D eigenvalue weighted by Crippen LogP contribution is 2.28. The topological polar surface area (TPSA) is 75.4 Å². The molecule has 0 radical (unpaired) electrons. The van der Waals surface area contributed by atoms with Crippen molar-refractivity contribution in [2.45, 2.75) is 39.2 Å². The largest absolute Gasteiger partial charge is 0.355 e. The second-order valence-corrected chi connectivity index (χ2v) is 5.24. The summed E-state index contributed by atoms with van der Waals surface area (Å²) in [5, 5.41) is 2.69. The van der Waals surface area contributed by atoms with Gasteiger partial charge in [0.25, 0.3) is 0 Å². The van der Waals surface area contributed by atoms with Gasteiger partial charge in [-0.2, -0.15) is 0 Å². The van der Waals surface area contributed by atoms with Crippen LogP contribution < -0.4 is 11.1 Å². The summed E-state index contributed by atoms with van der Waals surface area (Å²) >= 11 is 0. The van der Waals surface area contributed by atoms with Gasteiger partial charge in [0.2, 0.25) is 11.8 Å². The molecule has 3 atom stereocenters. The Hall–Kier alpha value is -1.10. The molecule has 1 rings (SSSR count). The first-order valence-corrected chi connectivity index (χ1v) is 6.74. The Kier molecular flexibility index (Phi) is 5.59. The number of nitrogens with one attached hydrogen (secondary N) is 1. The lowest BCUT2D eigenvalue weighted by molar-refractivity contribution is -0.139. The summed E-state index contributed by atoms with van der Waals surface area (Å²) in [6, 6.07) is -0.0806. The van der Waals surface area contributed by atoms with Crippen LogP contribution in [0.3, 0.4) is 0 Å². The van der Waals surface area contributed by atoms with Crippen molar-refractivity contribution < 1.29 is 9.59 Å². The summed E-state index contributed by atoms with van der Waals surface area (Å²) in [7, 11) is 1.67. The van der Waals surface area contributed by atoms with Crippen molar-refractivity contribution in [2.75, 3.05) is 20.1 Å². The van der Waals surface area contributed by atoms with Crippen molar-refractivity contribution in [2.24, 2.45) is 17.6 Å². The van der Waals surface area contributed by atoms with Crippen LogP contribution in [-0.2, 0) is 9.59 Å². The predicted octanol–water partition coefficient (Wildman–Crippen LogP) is 0.344. The quantitative estimate of drug-likeness (QED) is 0.761. The first-order valence-electron chi connectivity index (χ1n) is 6.74. The smallest absolute Gasteiger partial charge is 0.239 e. The first-order chi connectivity index (χ1) is 8.47. The lowest BCUT2D eigenvalue weighted by atomic mass is 9.77. The highest BCUT2D eigenvalue weighted by atomic mass is 16.2. The predicted molar refractivity (Wildman–Crippen MR) is 70.8 cm³/mol. The molecule has 18 heavy (non-hydrogen) atoms. The van der Waals surface area contributed by atoms with Gasteiger partial charge in [-0.15, -0.1) is 0 Å². The molecule has 1 fully saturated rings. The Morgan fingerprint density at radius 3 is 2.67 bits per heavy atom. The second kappa shape index (κ2) is 6.73. The zero-order valence-electron chi connectivity index (χ0n) is 11.6. The molecule has 0 saturated heterocycles. The lowest BCUT2D eigenvalue weighted by Gasteiger charge is -2.35. The zero-order chi connectivity index (χ0) is 13.7. The number of carbonyl (C=O) groups is 2. The Labute approximate surface area is 109 Å². The van der Waals surface area contributed by atoms with Gasteiger partial charge in [-0.25, -0.2) is 0 Å². The van der Waals surface area contributed by atoms with Crippen molar-refractivity contribution in [1.29, 1.82) is 0 Å². The van der Waals surface area contributed by atoms with Crippen LogP contribution in [0.25, 0.3) is 0 Å². The summed E-state index contributed by atoms with van der Waals surface area (Å²) in [4.78, 5) is 25.2. The SMILES string of the molecule is CCNC(=O)CN(C)C(=O)C1CCCC(C)C1N. The average Bonchev–Trinajstić information content (AvgIpc) is 2.32. The Morgan fingerprint density at radius 1 is 1.39 bits per heavy atom. The van der Waals surface area contributed by atoms with E-state index >= 15 is 0 Å². The molecule has 5 nitrogen and oxygen atoms in total. The number of amides is 2. The van der Waals surface area contributed by atoms with E-state index in [-0.39, 0.29) is 30.3 Å². The maximum Gasteiger partial charge on any atom is 0.239 e. The summed E-state index contributed by atoms with van der Waals surface area (Å²) in [6.07, 6.45) is 2.97. The summed E-state index contributed by atoms with van der Waals surface area (Å²) in [5.41, 5.74) is 6.10. The van der Waals surface area contributed by atoms with Gasteiger partial charge < -0.3 is 16.0 Å². The molecule has 0 aromatic heterocycles. The molecule has 0 bridgehead atoms. The molecular formula is C13H25N3O2. The number of hydrogen-bond donors (Lipinski definition) is 2. The van der Waals surface area contributed by atoms with Gasteiger partial charge in [0.1, 0.15) is 0 Å². The van der Waals surface area contributed by atoms with E-state index in [0.29, 0.717) is 12.5 Å². The summed E-state index contributed by atoms with van der Waals surface area (Å²) in [6.45, 7) is 4.65. The fourth-order valence-electron chi connectivity index (χ4n) is 2.56. The third-order valence-electron chi connectivity index (χ3n) is 3.74. The van der Waals surface area contributed by atoms with Crippen molar-refractivity contribution in [1.82, 2.24) is 10.2 Å². The van der Waals surface area contributed by atoms with E-state index in [1.165, 1.54) is 4.90 Å². The van der Waals surface area contributed by atoms with Gasteiger partial charge in [-0.3, -0.25) is 9.59 Å². The van der Waals surface area contributed by atoms with E-state index in [0.717, 1.165) is 19.3 Å². The summed E-state index contributed by atoms with van der Waals surface area (Å²) < 4.78 is 0. The minimum atomic E-state index is -0.131. The van der Waals surface area contributed by atoms with E-state index in [9.17, 15) is 9.59 Å². The van der Waals surface area contributed by atoms with Crippen LogP contribution in [0.15, 0.2) is 0 Å². The molecule has 0 spiro atoms. The van der Waals surface area contributed by atoms with Crippen molar-refractivity contribution in [3.8, 4) is 0 Å². The average molecular weight is 255 g/mol. The Morgan fingerprint density at radius 2 is 2.06 bits per heavy atom. The molecule has 1 saturated carbocycles. The van der Waals surface area contributed by atoms with Gasteiger partial charge in [-0.05, 0) is 25.7 Å². The maximum atomic E-state index is 12.3. The molecule has 0 heterocycles. The van der Waals surface area contributed by atoms with Gasteiger partial charge in [-0.1, -0.05) is 13.3 Å². The van der Waals surface area contributed by atoms with Crippen LogP contribution in [0.1, 0.15) is 33.1 Å². The van der Waals surface area contributed by atoms with Crippen molar-refractivity contribution in [3.63, 3.8) is 0 Å². The lowest BCUT2D eigenvalue weighted by Crippen LogP contribution is -2.49. The molecule has 5 heteroatoms. The van der Waals surface area contributed by atoms with Gasteiger partial charge in [0, 0.05) is 19.6 Å². The molecule has 1 aliphatic carbocycles.